The fourth-order valence-electron chi connectivity index (χ4n) is 2.27. The normalized spacial score (nSPS) is 17.4. The van der Waals surface area contributed by atoms with E-state index in [1.807, 2.05) is 0 Å². The number of halogens is 2. The maximum atomic E-state index is 13.5. The lowest BCUT2D eigenvalue weighted by molar-refractivity contribution is -0.151. The Labute approximate surface area is 116 Å². The van der Waals surface area contributed by atoms with Crippen LogP contribution in [-0.2, 0) is 9.53 Å². The van der Waals surface area contributed by atoms with Gasteiger partial charge >= 0.3 is 5.97 Å². The van der Waals surface area contributed by atoms with Crippen molar-refractivity contribution in [2.45, 2.75) is 18.4 Å². The molecule has 1 N–H and O–H groups in total. The molecule has 1 aromatic carbocycles. The van der Waals surface area contributed by atoms with Crippen molar-refractivity contribution in [3.05, 3.63) is 29.8 Å². The molecule has 1 aliphatic rings. The largest absolute Gasteiger partial charge is 0.488 e. The number of carbonyl (C=O) groups excluding carboxylic acids is 1. The molecule has 4 nitrogen and oxygen atoms in total. The van der Waals surface area contributed by atoms with E-state index >= 15 is 0 Å². The highest BCUT2D eigenvalue weighted by atomic mass is 19.2. The number of esters is 1. The fraction of sp³-hybridized carbons (Fsp3) is 0.500. The zero-order chi connectivity index (χ0) is 14.8. The Morgan fingerprint density at radius 3 is 2.70 bits per heavy atom. The van der Waals surface area contributed by atoms with Crippen molar-refractivity contribution in [2.24, 2.45) is 5.92 Å². The molecule has 0 aliphatic heterocycles. The monoisotopic (exact) mass is 285 g/mol. The van der Waals surface area contributed by atoms with E-state index in [4.69, 9.17) is 9.47 Å². The van der Waals surface area contributed by atoms with Gasteiger partial charge in [-0.3, -0.25) is 0 Å². The molecule has 1 saturated carbocycles. The molecule has 110 valence electrons. The second-order valence-electron chi connectivity index (χ2n) is 4.83. The molecule has 0 aromatic heterocycles. The summed E-state index contributed by atoms with van der Waals surface area (Å²) < 4.78 is 36.8. The molecule has 1 aromatic rings. The maximum Gasteiger partial charge on any atom is 0.329 e. The molecule has 0 amide bonds. The number of methoxy groups -OCH3 is 1. The zero-order valence-electron chi connectivity index (χ0n) is 11.4. The van der Waals surface area contributed by atoms with Gasteiger partial charge < -0.3 is 14.8 Å². The third kappa shape index (κ3) is 2.60. The van der Waals surface area contributed by atoms with Crippen molar-refractivity contribution in [1.29, 1.82) is 0 Å². The van der Waals surface area contributed by atoms with E-state index in [-0.39, 0.29) is 18.3 Å². The third-order valence-electron chi connectivity index (χ3n) is 3.64. The molecule has 1 unspecified atom stereocenters. The average molecular weight is 285 g/mol. The predicted molar refractivity (Wildman–Crippen MR) is 68.4 cm³/mol. The van der Waals surface area contributed by atoms with E-state index in [1.165, 1.54) is 19.2 Å². The molecular formula is C14H17F2NO3. The van der Waals surface area contributed by atoms with Crippen molar-refractivity contribution < 1.29 is 23.0 Å². The smallest absolute Gasteiger partial charge is 0.329 e. The minimum atomic E-state index is -1.06. The zero-order valence-corrected chi connectivity index (χ0v) is 11.4. The standard InChI is InChI=1S/C14H17F2NO3/c1-17-14(9-6-7-9,13(18)19-2)8-20-11-5-3-4-10(15)12(11)16/h3-5,9,17H,6-8H2,1-2H3. The van der Waals surface area contributed by atoms with Crippen LogP contribution in [0.1, 0.15) is 12.8 Å². The Morgan fingerprint density at radius 1 is 1.45 bits per heavy atom. The fourth-order valence-corrected chi connectivity index (χ4v) is 2.27. The van der Waals surface area contributed by atoms with Gasteiger partial charge in [-0.05, 0) is 37.9 Å². The van der Waals surface area contributed by atoms with Gasteiger partial charge in [0.05, 0.1) is 7.11 Å². The summed E-state index contributed by atoms with van der Waals surface area (Å²) in [6, 6.07) is 3.68. The Hall–Kier alpha value is -1.69. The van der Waals surface area contributed by atoms with Crippen LogP contribution in [0.25, 0.3) is 0 Å². The van der Waals surface area contributed by atoms with E-state index in [0.29, 0.717) is 0 Å². The van der Waals surface area contributed by atoms with Crippen LogP contribution in [0.15, 0.2) is 18.2 Å². The van der Waals surface area contributed by atoms with Gasteiger partial charge in [0, 0.05) is 0 Å². The van der Waals surface area contributed by atoms with E-state index in [9.17, 15) is 13.6 Å². The first-order chi connectivity index (χ1) is 9.55. The highest BCUT2D eigenvalue weighted by Gasteiger charge is 2.52. The minimum Gasteiger partial charge on any atom is -0.488 e. The molecule has 0 saturated heterocycles. The summed E-state index contributed by atoms with van der Waals surface area (Å²) in [5.41, 5.74) is -1.02. The summed E-state index contributed by atoms with van der Waals surface area (Å²) in [4.78, 5) is 12.0. The summed E-state index contributed by atoms with van der Waals surface area (Å²) >= 11 is 0. The second-order valence-corrected chi connectivity index (χ2v) is 4.83. The van der Waals surface area contributed by atoms with E-state index in [2.05, 4.69) is 5.32 Å². The Bertz CT molecular complexity index is 505. The molecule has 1 atom stereocenters. The molecule has 6 heteroatoms. The van der Waals surface area contributed by atoms with Gasteiger partial charge in [0.1, 0.15) is 6.61 Å². The second kappa shape index (κ2) is 5.75. The first-order valence-corrected chi connectivity index (χ1v) is 6.39. The van der Waals surface area contributed by atoms with Crippen LogP contribution in [-0.4, -0.2) is 32.3 Å². The first-order valence-electron chi connectivity index (χ1n) is 6.39. The van der Waals surface area contributed by atoms with Crippen LogP contribution in [0.5, 0.6) is 5.75 Å². The Kier molecular flexibility index (Phi) is 4.23. The molecule has 20 heavy (non-hydrogen) atoms. The van der Waals surface area contributed by atoms with Gasteiger partial charge in [0.2, 0.25) is 5.82 Å². The third-order valence-corrected chi connectivity index (χ3v) is 3.64. The lowest BCUT2D eigenvalue weighted by atomic mass is 9.94. The highest BCUT2D eigenvalue weighted by molar-refractivity contribution is 5.82. The molecule has 0 heterocycles. The van der Waals surface area contributed by atoms with Crippen LogP contribution in [0.3, 0.4) is 0 Å². The van der Waals surface area contributed by atoms with Crippen LogP contribution in [0.4, 0.5) is 8.78 Å². The minimum absolute atomic E-state index is 0.0802. The summed E-state index contributed by atoms with van der Waals surface area (Å²) in [5, 5.41) is 2.92. The quantitative estimate of drug-likeness (QED) is 0.811. The number of ether oxygens (including phenoxy) is 2. The number of rotatable bonds is 6. The molecule has 0 radical (unpaired) electrons. The van der Waals surface area contributed by atoms with Gasteiger partial charge in [-0.1, -0.05) is 6.07 Å². The lowest BCUT2D eigenvalue weighted by Gasteiger charge is -2.30. The van der Waals surface area contributed by atoms with Crippen molar-refractivity contribution in [1.82, 2.24) is 5.32 Å². The summed E-state index contributed by atoms with van der Waals surface area (Å²) in [6.45, 7) is -0.110. The predicted octanol–water partition coefficient (Wildman–Crippen LogP) is 1.88. The summed E-state index contributed by atoms with van der Waals surface area (Å²) in [5.74, 6) is -2.63. The number of hydrogen-bond donors (Lipinski definition) is 1. The van der Waals surface area contributed by atoms with Crippen LogP contribution < -0.4 is 10.1 Å². The molecule has 2 rings (SSSR count). The SMILES string of the molecule is CNC(COc1cccc(F)c1F)(C(=O)OC)C1CC1. The summed E-state index contributed by atoms with van der Waals surface area (Å²) in [7, 11) is 2.92. The Balaban J connectivity index is 2.17. The maximum absolute atomic E-state index is 13.5. The van der Waals surface area contributed by atoms with Gasteiger partial charge in [-0.2, -0.15) is 4.39 Å². The van der Waals surface area contributed by atoms with Crippen LogP contribution in [0.2, 0.25) is 0 Å². The molecule has 1 fully saturated rings. The molecule has 0 spiro atoms. The first kappa shape index (κ1) is 14.7. The van der Waals surface area contributed by atoms with Gasteiger partial charge in [-0.15, -0.1) is 0 Å². The van der Waals surface area contributed by atoms with Gasteiger partial charge in [0.15, 0.2) is 17.1 Å². The van der Waals surface area contributed by atoms with E-state index < -0.39 is 23.1 Å². The Morgan fingerprint density at radius 2 is 2.15 bits per heavy atom. The van der Waals surface area contributed by atoms with Crippen LogP contribution in [0, 0.1) is 17.6 Å². The van der Waals surface area contributed by atoms with E-state index in [1.54, 1.807) is 7.05 Å². The topological polar surface area (TPSA) is 47.6 Å². The number of benzene rings is 1. The molecule has 1 aliphatic carbocycles. The van der Waals surface area contributed by atoms with Gasteiger partial charge in [0.25, 0.3) is 0 Å². The average Bonchev–Trinajstić information content (AvgIpc) is 3.29. The summed E-state index contributed by atoms with van der Waals surface area (Å²) in [6.07, 6.45) is 1.73. The molecule has 0 bridgehead atoms. The highest BCUT2D eigenvalue weighted by Crippen LogP contribution is 2.40. The van der Waals surface area contributed by atoms with Gasteiger partial charge in [-0.25, -0.2) is 9.18 Å². The van der Waals surface area contributed by atoms with E-state index in [0.717, 1.165) is 18.9 Å². The lowest BCUT2D eigenvalue weighted by Crippen LogP contribution is -2.57. The number of likely N-dealkylation sites (N-methyl/N-ethyl adjacent to an activating group) is 1. The van der Waals surface area contributed by atoms with Crippen molar-refractivity contribution in [2.75, 3.05) is 20.8 Å². The molecular weight excluding hydrogens is 268 g/mol. The van der Waals surface area contributed by atoms with Crippen molar-refractivity contribution in [3.63, 3.8) is 0 Å². The number of hydrogen-bond acceptors (Lipinski definition) is 4. The van der Waals surface area contributed by atoms with Crippen LogP contribution >= 0.6 is 0 Å². The van der Waals surface area contributed by atoms with Crippen molar-refractivity contribution in [3.8, 4) is 5.75 Å². The number of carbonyl (C=O) groups is 1. The van der Waals surface area contributed by atoms with Crippen molar-refractivity contribution >= 4 is 5.97 Å². The number of nitrogens with one attached hydrogen (secondary N) is 1.